The van der Waals surface area contributed by atoms with Gasteiger partial charge in [-0.2, -0.15) is 0 Å². The third-order valence-electron chi connectivity index (χ3n) is 3.81. The van der Waals surface area contributed by atoms with Gasteiger partial charge in [-0.1, -0.05) is 58.7 Å². The highest BCUT2D eigenvalue weighted by Crippen LogP contribution is 2.25. The van der Waals surface area contributed by atoms with Crippen LogP contribution in [-0.2, 0) is 13.2 Å². The first-order valence-corrected chi connectivity index (χ1v) is 8.66. The predicted octanol–water partition coefficient (Wildman–Crippen LogP) is 4.80. The highest BCUT2D eigenvalue weighted by Gasteiger charge is 2.20. The molecule has 0 aliphatic rings. The molecule has 3 aromatic rings. The van der Waals surface area contributed by atoms with Gasteiger partial charge < -0.3 is 14.6 Å². The van der Waals surface area contributed by atoms with Crippen LogP contribution in [0.1, 0.15) is 27.4 Å². The molecule has 5 nitrogen and oxygen atoms in total. The number of carbonyl (C=O) groups excluding carboxylic acids is 1. The van der Waals surface area contributed by atoms with E-state index in [9.17, 15) is 4.79 Å². The number of nitrogens with zero attached hydrogens (tertiary/aromatic N) is 1. The van der Waals surface area contributed by atoms with Crippen LogP contribution in [0.3, 0.4) is 0 Å². The Hall–Kier alpha value is -2.50. The van der Waals surface area contributed by atoms with E-state index in [0.29, 0.717) is 27.1 Å². The zero-order chi connectivity index (χ0) is 18.5. The summed E-state index contributed by atoms with van der Waals surface area (Å²) in [4.78, 5) is 12.5. The molecule has 0 spiro atoms. The molecule has 26 heavy (non-hydrogen) atoms. The molecule has 0 saturated carbocycles. The fraction of sp³-hybridized carbons (Fsp3) is 0.158. The van der Waals surface area contributed by atoms with Crippen molar-refractivity contribution in [1.82, 2.24) is 10.5 Å². The highest BCUT2D eigenvalue weighted by molar-refractivity contribution is 6.32. The summed E-state index contributed by atoms with van der Waals surface area (Å²) in [5, 5.41) is 7.73. The molecule has 1 aromatic heterocycles. The smallest absolute Gasteiger partial charge is 0.274 e. The molecular weight excluding hydrogens is 375 g/mol. The van der Waals surface area contributed by atoms with E-state index in [4.69, 9.17) is 32.5 Å². The first kappa shape index (κ1) is 18.3. The van der Waals surface area contributed by atoms with Gasteiger partial charge in [0.25, 0.3) is 5.91 Å². The molecule has 1 N–H and O–H groups in total. The maximum absolute atomic E-state index is 12.5. The second-order valence-corrected chi connectivity index (χ2v) is 6.37. The largest absolute Gasteiger partial charge is 0.487 e. The predicted molar refractivity (Wildman–Crippen MR) is 99.6 cm³/mol. The molecule has 0 aliphatic carbocycles. The van der Waals surface area contributed by atoms with Crippen molar-refractivity contribution >= 4 is 29.1 Å². The zero-order valence-corrected chi connectivity index (χ0v) is 15.5. The Morgan fingerprint density at radius 3 is 2.54 bits per heavy atom. The molecule has 0 aliphatic heterocycles. The van der Waals surface area contributed by atoms with Crippen LogP contribution >= 0.6 is 23.2 Å². The second kappa shape index (κ2) is 8.25. The van der Waals surface area contributed by atoms with Crippen LogP contribution in [0.15, 0.2) is 53.1 Å². The van der Waals surface area contributed by atoms with E-state index in [1.54, 1.807) is 25.1 Å². The van der Waals surface area contributed by atoms with Crippen LogP contribution in [0, 0.1) is 6.92 Å². The summed E-state index contributed by atoms with van der Waals surface area (Å²) < 4.78 is 10.9. The molecule has 0 atom stereocenters. The molecule has 0 fully saturated rings. The van der Waals surface area contributed by atoms with Crippen LogP contribution in [0.5, 0.6) is 5.75 Å². The van der Waals surface area contributed by atoms with Gasteiger partial charge in [-0.25, -0.2) is 0 Å². The van der Waals surface area contributed by atoms with Gasteiger partial charge in [0.2, 0.25) is 0 Å². The minimum atomic E-state index is -0.362. The molecule has 0 unspecified atom stereocenters. The van der Waals surface area contributed by atoms with E-state index < -0.39 is 0 Å². The lowest BCUT2D eigenvalue weighted by Crippen LogP contribution is -2.24. The number of ether oxygens (including phenoxy) is 1. The van der Waals surface area contributed by atoms with Gasteiger partial charge in [0.1, 0.15) is 18.1 Å². The van der Waals surface area contributed by atoms with Crippen molar-refractivity contribution < 1.29 is 14.1 Å². The SMILES string of the molecule is Cc1onc(C(=O)NCc2ccccc2Cl)c1COc1ccccc1Cl. The lowest BCUT2D eigenvalue weighted by Gasteiger charge is -2.09. The van der Waals surface area contributed by atoms with Crippen molar-refractivity contribution in [2.45, 2.75) is 20.1 Å². The monoisotopic (exact) mass is 390 g/mol. The fourth-order valence-corrected chi connectivity index (χ4v) is 2.75. The molecule has 0 bridgehead atoms. The number of carbonyl (C=O) groups is 1. The Kier molecular flexibility index (Phi) is 5.81. The van der Waals surface area contributed by atoms with E-state index in [2.05, 4.69) is 10.5 Å². The lowest BCUT2D eigenvalue weighted by atomic mass is 10.2. The molecule has 1 amide bonds. The van der Waals surface area contributed by atoms with E-state index in [-0.39, 0.29) is 24.8 Å². The first-order valence-electron chi connectivity index (χ1n) is 7.90. The third kappa shape index (κ3) is 4.18. The summed E-state index contributed by atoms with van der Waals surface area (Å²) in [5.74, 6) is 0.677. The van der Waals surface area contributed by atoms with E-state index in [1.165, 1.54) is 0 Å². The molecule has 0 radical (unpaired) electrons. The Labute approximate surface area is 160 Å². The van der Waals surface area contributed by atoms with Gasteiger partial charge in [0.15, 0.2) is 5.69 Å². The zero-order valence-electron chi connectivity index (χ0n) is 14.0. The normalized spacial score (nSPS) is 10.6. The van der Waals surface area contributed by atoms with Crippen molar-refractivity contribution in [3.05, 3.63) is 81.2 Å². The Bertz CT molecular complexity index is 925. The first-order chi connectivity index (χ1) is 12.6. The minimum absolute atomic E-state index is 0.119. The Morgan fingerprint density at radius 1 is 1.12 bits per heavy atom. The maximum atomic E-state index is 12.5. The summed E-state index contributed by atoms with van der Waals surface area (Å²) in [7, 11) is 0. The number of para-hydroxylation sites is 1. The van der Waals surface area contributed by atoms with Crippen molar-refractivity contribution in [3.63, 3.8) is 0 Å². The molecule has 3 rings (SSSR count). The topological polar surface area (TPSA) is 64.4 Å². The summed E-state index contributed by atoms with van der Waals surface area (Å²) >= 11 is 12.2. The van der Waals surface area contributed by atoms with Crippen molar-refractivity contribution in [2.24, 2.45) is 0 Å². The summed E-state index contributed by atoms with van der Waals surface area (Å²) in [6.07, 6.45) is 0. The van der Waals surface area contributed by atoms with Gasteiger partial charge >= 0.3 is 0 Å². The van der Waals surface area contributed by atoms with Gasteiger partial charge in [-0.3, -0.25) is 4.79 Å². The Balaban J connectivity index is 1.70. The summed E-state index contributed by atoms with van der Waals surface area (Å²) in [6.45, 7) is 2.13. The summed E-state index contributed by atoms with van der Waals surface area (Å²) in [6, 6.07) is 14.4. The van der Waals surface area contributed by atoms with Gasteiger partial charge in [-0.05, 0) is 30.7 Å². The highest BCUT2D eigenvalue weighted by atomic mass is 35.5. The lowest BCUT2D eigenvalue weighted by molar-refractivity contribution is 0.0939. The molecule has 2 aromatic carbocycles. The standard InChI is InChI=1S/C19H16Cl2N2O3/c1-12-14(11-25-17-9-5-4-8-16(17)21)18(23-26-12)19(24)22-10-13-6-2-3-7-15(13)20/h2-9H,10-11H2,1H3,(H,22,24). The van der Waals surface area contributed by atoms with E-state index in [1.807, 2.05) is 30.3 Å². The van der Waals surface area contributed by atoms with E-state index in [0.717, 1.165) is 5.56 Å². The molecule has 7 heteroatoms. The van der Waals surface area contributed by atoms with Gasteiger partial charge in [0.05, 0.1) is 10.6 Å². The average molecular weight is 391 g/mol. The minimum Gasteiger partial charge on any atom is -0.487 e. The Morgan fingerprint density at radius 2 is 1.81 bits per heavy atom. The van der Waals surface area contributed by atoms with Crippen LogP contribution in [0.25, 0.3) is 0 Å². The van der Waals surface area contributed by atoms with Gasteiger partial charge in [-0.15, -0.1) is 0 Å². The van der Waals surface area contributed by atoms with Crippen molar-refractivity contribution in [2.75, 3.05) is 0 Å². The quantitative estimate of drug-likeness (QED) is 0.656. The number of benzene rings is 2. The number of halogens is 2. The molecule has 0 saturated heterocycles. The number of amides is 1. The molecular formula is C19H16Cl2N2O3. The number of rotatable bonds is 6. The van der Waals surface area contributed by atoms with E-state index >= 15 is 0 Å². The number of hydrogen-bond acceptors (Lipinski definition) is 4. The fourth-order valence-electron chi connectivity index (χ4n) is 2.35. The number of aromatic nitrogens is 1. The number of aryl methyl sites for hydroxylation is 1. The van der Waals surface area contributed by atoms with Crippen LogP contribution in [0.2, 0.25) is 10.0 Å². The van der Waals surface area contributed by atoms with Crippen LogP contribution < -0.4 is 10.1 Å². The van der Waals surface area contributed by atoms with Crippen LogP contribution in [-0.4, -0.2) is 11.1 Å². The number of hydrogen-bond donors (Lipinski definition) is 1. The summed E-state index contributed by atoms with van der Waals surface area (Å²) in [5.41, 5.74) is 1.57. The molecule has 134 valence electrons. The average Bonchev–Trinajstić information content (AvgIpc) is 3.01. The van der Waals surface area contributed by atoms with Crippen molar-refractivity contribution in [1.29, 1.82) is 0 Å². The van der Waals surface area contributed by atoms with Crippen LogP contribution in [0.4, 0.5) is 0 Å². The second-order valence-electron chi connectivity index (χ2n) is 5.56. The maximum Gasteiger partial charge on any atom is 0.274 e. The van der Waals surface area contributed by atoms with Gasteiger partial charge in [0, 0.05) is 11.6 Å². The molecule has 1 heterocycles. The third-order valence-corrected chi connectivity index (χ3v) is 4.49. The number of nitrogens with one attached hydrogen (secondary N) is 1. The van der Waals surface area contributed by atoms with Crippen molar-refractivity contribution in [3.8, 4) is 5.75 Å².